The molecule has 3 nitrogen and oxygen atoms in total. The zero-order valence-corrected chi connectivity index (χ0v) is 13.6. The van der Waals surface area contributed by atoms with Gasteiger partial charge in [-0.05, 0) is 38.5 Å². The lowest BCUT2D eigenvalue weighted by Crippen LogP contribution is -2.42. The van der Waals surface area contributed by atoms with Crippen LogP contribution >= 0.6 is 22.9 Å². The van der Waals surface area contributed by atoms with Crippen LogP contribution in [0.3, 0.4) is 0 Å². The Morgan fingerprint density at radius 2 is 2.15 bits per heavy atom. The Labute approximate surface area is 127 Å². The van der Waals surface area contributed by atoms with Crippen LogP contribution in [0.15, 0.2) is 18.2 Å². The van der Waals surface area contributed by atoms with E-state index in [1.807, 2.05) is 39.0 Å². The summed E-state index contributed by atoms with van der Waals surface area (Å²) in [6.07, 6.45) is 0.856. The predicted octanol–water partition coefficient (Wildman–Crippen LogP) is 4.48. The molecule has 0 radical (unpaired) electrons. The van der Waals surface area contributed by atoms with Gasteiger partial charge >= 0.3 is 0 Å². The molecule has 2 aromatic rings. The van der Waals surface area contributed by atoms with Crippen LogP contribution in [0.2, 0.25) is 5.02 Å². The van der Waals surface area contributed by atoms with Crippen molar-refractivity contribution >= 4 is 38.9 Å². The van der Waals surface area contributed by atoms with E-state index in [1.165, 1.54) is 11.3 Å². The standard InChI is InChI=1S/C15H18ClNO2S/c1-5-15(2,3)17-14(18)13-12(16)10-7-6-9(19-4)8-11(10)20-13/h6-8H,5H2,1-4H3,(H,17,18). The smallest absolute Gasteiger partial charge is 0.263 e. The molecule has 20 heavy (non-hydrogen) atoms. The van der Waals surface area contributed by atoms with Crippen molar-refractivity contribution in [2.24, 2.45) is 0 Å². The number of ether oxygens (including phenoxy) is 1. The van der Waals surface area contributed by atoms with Crippen LogP contribution in [-0.4, -0.2) is 18.6 Å². The maximum absolute atomic E-state index is 12.3. The van der Waals surface area contributed by atoms with Crippen molar-refractivity contribution in [3.8, 4) is 5.75 Å². The fraction of sp³-hybridized carbons (Fsp3) is 0.400. The van der Waals surface area contributed by atoms with Gasteiger partial charge in [0.2, 0.25) is 0 Å². The molecule has 1 heterocycles. The summed E-state index contributed by atoms with van der Waals surface area (Å²) < 4.78 is 6.15. The molecule has 1 N–H and O–H groups in total. The molecule has 0 aliphatic rings. The van der Waals surface area contributed by atoms with Crippen LogP contribution in [0, 0.1) is 0 Å². The third kappa shape index (κ3) is 2.91. The average molecular weight is 312 g/mol. The van der Waals surface area contributed by atoms with Crippen LogP contribution in [0.5, 0.6) is 5.75 Å². The Morgan fingerprint density at radius 3 is 2.75 bits per heavy atom. The molecule has 0 atom stereocenters. The van der Waals surface area contributed by atoms with E-state index in [0.717, 1.165) is 22.3 Å². The highest BCUT2D eigenvalue weighted by Gasteiger charge is 2.23. The number of nitrogens with one attached hydrogen (secondary N) is 1. The van der Waals surface area contributed by atoms with Crippen molar-refractivity contribution in [2.45, 2.75) is 32.7 Å². The summed E-state index contributed by atoms with van der Waals surface area (Å²) in [7, 11) is 1.62. The van der Waals surface area contributed by atoms with Gasteiger partial charge in [0.25, 0.3) is 5.91 Å². The predicted molar refractivity (Wildman–Crippen MR) is 85.2 cm³/mol. The third-order valence-corrected chi connectivity index (χ3v) is 5.03. The monoisotopic (exact) mass is 311 g/mol. The van der Waals surface area contributed by atoms with Gasteiger partial charge in [-0.2, -0.15) is 0 Å². The minimum absolute atomic E-state index is 0.123. The minimum Gasteiger partial charge on any atom is -0.497 e. The van der Waals surface area contributed by atoms with Crippen molar-refractivity contribution in [1.29, 1.82) is 0 Å². The summed E-state index contributed by atoms with van der Waals surface area (Å²) in [4.78, 5) is 12.9. The Bertz CT molecular complexity index is 649. The van der Waals surface area contributed by atoms with Gasteiger partial charge in [0.05, 0.1) is 12.1 Å². The Morgan fingerprint density at radius 1 is 1.45 bits per heavy atom. The second-order valence-electron chi connectivity index (χ2n) is 5.30. The topological polar surface area (TPSA) is 38.3 Å². The maximum atomic E-state index is 12.3. The fourth-order valence-electron chi connectivity index (χ4n) is 1.77. The van der Waals surface area contributed by atoms with Gasteiger partial charge < -0.3 is 10.1 Å². The molecule has 0 saturated carbocycles. The van der Waals surface area contributed by atoms with Gasteiger partial charge in [0, 0.05) is 15.6 Å². The molecular weight excluding hydrogens is 294 g/mol. The van der Waals surface area contributed by atoms with Crippen molar-refractivity contribution < 1.29 is 9.53 Å². The Kier molecular flexibility index (Phi) is 4.25. The van der Waals surface area contributed by atoms with E-state index in [0.29, 0.717) is 9.90 Å². The molecule has 0 fully saturated rings. The lowest BCUT2D eigenvalue weighted by atomic mass is 10.0. The highest BCUT2D eigenvalue weighted by Crippen LogP contribution is 2.37. The van der Waals surface area contributed by atoms with E-state index in [2.05, 4.69) is 5.32 Å². The van der Waals surface area contributed by atoms with Gasteiger partial charge in [-0.15, -0.1) is 11.3 Å². The number of rotatable bonds is 4. The summed E-state index contributed by atoms with van der Waals surface area (Å²) in [6, 6.07) is 5.63. The number of hydrogen-bond acceptors (Lipinski definition) is 3. The van der Waals surface area contributed by atoms with Gasteiger partial charge in [0.1, 0.15) is 10.6 Å². The van der Waals surface area contributed by atoms with E-state index >= 15 is 0 Å². The molecule has 108 valence electrons. The second kappa shape index (κ2) is 5.62. The van der Waals surface area contributed by atoms with Crippen LogP contribution in [0.4, 0.5) is 0 Å². The molecular formula is C15H18ClNO2S. The van der Waals surface area contributed by atoms with Crippen LogP contribution < -0.4 is 10.1 Å². The van der Waals surface area contributed by atoms with E-state index < -0.39 is 0 Å². The molecule has 0 aliphatic heterocycles. The first-order valence-electron chi connectivity index (χ1n) is 6.46. The fourth-order valence-corrected chi connectivity index (χ4v) is 3.21. The molecule has 0 unspecified atom stereocenters. The number of amides is 1. The maximum Gasteiger partial charge on any atom is 0.263 e. The second-order valence-corrected chi connectivity index (χ2v) is 6.73. The number of halogens is 1. The third-order valence-electron chi connectivity index (χ3n) is 3.38. The quantitative estimate of drug-likeness (QED) is 0.904. The van der Waals surface area contributed by atoms with Gasteiger partial charge in [-0.3, -0.25) is 4.79 Å². The zero-order valence-electron chi connectivity index (χ0n) is 12.0. The van der Waals surface area contributed by atoms with Gasteiger partial charge in [0.15, 0.2) is 0 Å². The van der Waals surface area contributed by atoms with Crippen molar-refractivity contribution in [3.05, 3.63) is 28.1 Å². The number of carbonyl (C=O) groups excluding carboxylic acids is 1. The van der Waals surface area contributed by atoms with Crippen molar-refractivity contribution in [1.82, 2.24) is 5.32 Å². The van der Waals surface area contributed by atoms with E-state index in [1.54, 1.807) is 7.11 Å². The Balaban J connectivity index is 2.40. The van der Waals surface area contributed by atoms with Gasteiger partial charge in [-0.25, -0.2) is 0 Å². The van der Waals surface area contributed by atoms with Crippen molar-refractivity contribution in [2.75, 3.05) is 7.11 Å². The SMILES string of the molecule is CCC(C)(C)NC(=O)c1sc2cc(OC)ccc2c1Cl. The molecule has 1 aromatic carbocycles. The summed E-state index contributed by atoms with van der Waals surface area (Å²) in [5, 5.41) is 4.41. The highest BCUT2D eigenvalue weighted by molar-refractivity contribution is 7.21. The van der Waals surface area contributed by atoms with Crippen molar-refractivity contribution in [3.63, 3.8) is 0 Å². The first kappa shape index (κ1) is 15.1. The zero-order chi connectivity index (χ0) is 14.9. The highest BCUT2D eigenvalue weighted by atomic mass is 35.5. The first-order chi connectivity index (χ1) is 9.38. The summed E-state index contributed by atoms with van der Waals surface area (Å²) in [5.41, 5.74) is -0.242. The molecule has 1 aromatic heterocycles. The largest absolute Gasteiger partial charge is 0.497 e. The molecule has 5 heteroatoms. The number of methoxy groups -OCH3 is 1. The molecule has 0 bridgehead atoms. The Hall–Kier alpha value is -1.26. The minimum atomic E-state index is -0.242. The molecule has 1 amide bonds. The lowest BCUT2D eigenvalue weighted by molar-refractivity contribution is 0.0915. The van der Waals surface area contributed by atoms with Crippen LogP contribution in [0.25, 0.3) is 10.1 Å². The summed E-state index contributed by atoms with van der Waals surface area (Å²) in [5.74, 6) is 0.637. The van der Waals surface area contributed by atoms with E-state index in [4.69, 9.17) is 16.3 Å². The van der Waals surface area contributed by atoms with Crippen LogP contribution in [0.1, 0.15) is 36.9 Å². The van der Waals surface area contributed by atoms with Crippen LogP contribution in [-0.2, 0) is 0 Å². The van der Waals surface area contributed by atoms with E-state index in [-0.39, 0.29) is 11.4 Å². The number of hydrogen-bond donors (Lipinski definition) is 1. The van der Waals surface area contributed by atoms with E-state index in [9.17, 15) is 4.79 Å². The summed E-state index contributed by atoms with van der Waals surface area (Å²) in [6.45, 7) is 6.03. The number of carbonyl (C=O) groups is 1. The number of thiophene rings is 1. The van der Waals surface area contributed by atoms with Gasteiger partial charge in [-0.1, -0.05) is 18.5 Å². The average Bonchev–Trinajstić information content (AvgIpc) is 2.75. The normalized spacial score (nSPS) is 11.7. The molecule has 2 rings (SSSR count). The molecule has 0 spiro atoms. The number of benzene rings is 1. The molecule has 0 aliphatic carbocycles. The lowest BCUT2D eigenvalue weighted by Gasteiger charge is -2.24. The molecule has 0 saturated heterocycles. The first-order valence-corrected chi connectivity index (χ1v) is 7.66. The summed E-state index contributed by atoms with van der Waals surface area (Å²) >= 11 is 7.72. The number of fused-ring (bicyclic) bond motifs is 1.